The van der Waals surface area contributed by atoms with Crippen LogP contribution in [0.1, 0.15) is 31.1 Å². The molecule has 162 valence electrons. The Kier molecular flexibility index (Phi) is 4.22. The third kappa shape index (κ3) is 3.16. The molecule has 3 aromatic heterocycles. The molecule has 31 heavy (non-hydrogen) atoms. The molecule has 3 saturated carbocycles. The number of aromatic nitrogens is 5. The number of rotatable bonds is 5. The Hall–Kier alpha value is -2.73. The number of carbonyl (C=O) groups is 1. The Labute approximate surface area is 184 Å². The van der Waals surface area contributed by atoms with Crippen LogP contribution >= 0.6 is 15.9 Å². The molecule has 1 saturated heterocycles. The van der Waals surface area contributed by atoms with Gasteiger partial charge in [0.1, 0.15) is 16.2 Å². The van der Waals surface area contributed by atoms with Gasteiger partial charge in [-0.3, -0.25) is 5.10 Å². The second-order valence-electron chi connectivity index (χ2n) is 8.42. The molecule has 1 amide bonds. The summed E-state index contributed by atoms with van der Waals surface area (Å²) in [6.45, 7) is -0.0125. The Morgan fingerprint density at radius 1 is 1.42 bits per heavy atom. The van der Waals surface area contributed by atoms with E-state index >= 15 is 0 Å². The molecule has 3 N–H and O–H groups in total. The number of alkyl halides is 1. The number of amides is 1. The maximum atomic E-state index is 15.0. The number of halogens is 2. The lowest BCUT2D eigenvalue weighted by molar-refractivity contribution is -0.0528. The number of ether oxygens (including phenoxy) is 2. The molecule has 0 spiro atoms. The van der Waals surface area contributed by atoms with E-state index in [0.717, 1.165) is 30.7 Å². The number of carbonyl (C=O) groups excluding carboxylic acids is 1. The highest BCUT2D eigenvalue weighted by molar-refractivity contribution is 9.10. The van der Waals surface area contributed by atoms with E-state index in [0.29, 0.717) is 21.9 Å². The number of anilines is 2. The van der Waals surface area contributed by atoms with Crippen molar-refractivity contribution in [3.63, 3.8) is 0 Å². The van der Waals surface area contributed by atoms with Gasteiger partial charge in [-0.2, -0.15) is 10.2 Å². The number of alkyl carbamates (subject to hydrolysis) is 1. The molecule has 4 heterocycles. The molecule has 0 radical (unpaired) electrons. The van der Waals surface area contributed by atoms with Gasteiger partial charge in [0.25, 0.3) is 0 Å². The van der Waals surface area contributed by atoms with E-state index in [1.54, 1.807) is 23.0 Å². The van der Waals surface area contributed by atoms with Crippen LogP contribution in [-0.4, -0.2) is 55.3 Å². The van der Waals surface area contributed by atoms with Crippen molar-refractivity contribution >= 4 is 39.2 Å². The Morgan fingerprint density at radius 2 is 2.26 bits per heavy atom. The molecular formula is C19H19BrFN7O3. The van der Waals surface area contributed by atoms with Gasteiger partial charge in [-0.1, -0.05) is 0 Å². The van der Waals surface area contributed by atoms with E-state index in [2.05, 4.69) is 46.8 Å². The number of nitrogens with one attached hydrogen (secondary N) is 3. The van der Waals surface area contributed by atoms with Gasteiger partial charge < -0.3 is 20.1 Å². The predicted octanol–water partition coefficient (Wildman–Crippen LogP) is 3.02. The zero-order chi connectivity index (χ0) is 21.2. The van der Waals surface area contributed by atoms with E-state index in [1.165, 1.54) is 0 Å². The van der Waals surface area contributed by atoms with Crippen LogP contribution in [0.25, 0.3) is 5.52 Å². The fourth-order valence-electron chi connectivity index (χ4n) is 4.61. The molecule has 3 atom stereocenters. The Morgan fingerprint density at radius 3 is 3.03 bits per heavy atom. The van der Waals surface area contributed by atoms with Crippen LogP contribution in [0, 0.1) is 5.92 Å². The van der Waals surface area contributed by atoms with Crippen molar-refractivity contribution in [3.05, 3.63) is 34.8 Å². The van der Waals surface area contributed by atoms with Gasteiger partial charge in [0.2, 0.25) is 0 Å². The largest absolute Gasteiger partial charge is 0.441 e. The highest BCUT2D eigenvalue weighted by atomic mass is 79.9. The third-order valence-corrected chi connectivity index (χ3v) is 6.83. The summed E-state index contributed by atoms with van der Waals surface area (Å²) in [5.74, 6) is 1.73. The number of aromatic amines is 1. The number of hydrogen-bond donors (Lipinski definition) is 3. The lowest BCUT2D eigenvalue weighted by Crippen LogP contribution is -2.68. The van der Waals surface area contributed by atoms with Crippen molar-refractivity contribution in [3.8, 4) is 0 Å². The minimum absolute atomic E-state index is 0.0125. The van der Waals surface area contributed by atoms with Crippen molar-refractivity contribution in [1.29, 1.82) is 0 Å². The molecule has 0 aromatic carbocycles. The van der Waals surface area contributed by atoms with E-state index < -0.39 is 24.5 Å². The minimum Gasteiger partial charge on any atom is -0.441 e. The van der Waals surface area contributed by atoms with Crippen LogP contribution in [0.15, 0.2) is 29.1 Å². The topological polar surface area (TPSA) is 118 Å². The zero-order valence-electron chi connectivity index (χ0n) is 16.2. The van der Waals surface area contributed by atoms with Crippen molar-refractivity contribution in [2.24, 2.45) is 5.92 Å². The molecule has 10 nitrogen and oxygen atoms in total. The first-order valence-electron chi connectivity index (χ1n) is 10.0. The predicted molar refractivity (Wildman–Crippen MR) is 110 cm³/mol. The van der Waals surface area contributed by atoms with Gasteiger partial charge >= 0.3 is 6.09 Å². The summed E-state index contributed by atoms with van der Waals surface area (Å²) in [5, 5.41) is 17.2. The van der Waals surface area contributed by atoms with E-state index in [9.17, 15) is 9.18 Å². The molecular weight excluding hydrogens is 473 g/mol. The molecule has 4 aliphatic rings. The first kappa shape index (κ1) is 19.0. The fraction of sp³-hybridized carbons (Fsp3) is 0.474. The summed E-state index contributed by atoms with van der Waals surface area (Å²) in [6.07, 6.45) is 2.32. The minimum atomic E-state index is -1.50. The molecule has 0 unspecified atom stereocenters. The summed E-state index contributed by atoms with van der Waals surface area (Å²) in [5.41, 5.74) is 1.09. The number of nitrogens with zero attached hydrogens (tertiary/aromatic N) is 4. The Bertz CT molecular complexity index is 1150. The zero-order valence-corrected chi connectivity index (χ0v) is 17.8. The molecule has 3 aliphatic carbocycles. The van der Waals surface area contributed by atoms with Gasteiger partial charge in [-0.25, -0.2) is 18.7 Å². The van der Waals surface area contributed by atoms with Crippen LogP contribution in [0.3, 0.4) is 0 Å². The van der Waals surface area contributed by atoms with Gasteiger partial charge in [0, 0.05) is 11.6 Å². The molecule has 1 aliphatic heterocycles. The lowest BCUT2D eigenvalue weighted by Gasteiger charge is -2.61. The normalized spacial score (nSPS) is 31.2. The van der Waals surface area contributed by atoms with Crippen LogP contribution < -0.4 is 10.6 Å². The van der Waals surface area contributed by atoms with Crippen molar-refractivity contribution in [2.75, 3.05) is 11.9 Å². The molecule has 12 heteroatoms. The van der Waals surface area contributed by atoms with Crippen LogP contribution in [0.5, 0.6) is 0 Å². The highest BCUT2D eigenvalue weighted by Gasteiger charge is 2.58. The lowest BCUT2D eigenvalue weighted by atomic mass is 9.50. The first-order valence-corrected chi connectivity index (χ1v) is 10.8. The monoisotopic (exact) mass is 491 g/mol. The summed E-state index contributed by atoms with van der Waals surface area (Å²) in [7, 11) is 0. The SMILES string of the molecule is O=C(NC12CC(C1)C2)O[C@@H]1CO[C@H](c2cc(Nc3ncc(Br)n4nccc34)n[nH]2)[C@H]1F. The number of hydrogen-bond acceptors (Lipinski definition) is 7. The maximum Gasteiger partial charge on any atom is 0.408 e. The highest BCUT2D eigenvalue weighted by Crippen LogP contribution is 2.57. The number of fused-ring (bicyclic) bond motifs is 1. The average molecular weight is 492 g/mol. The quantitative estimate of drug-likeness (QED) is 0.501. The van der Waals surface area contributed by atoms with Gasteiger partial charge in [-0.15, -0.1) is 0 Å². The van der Waals surface area contributed by atoms with E-state index in [-0.39, 0.29) is 12.1 Å². The van der Waals surface area contributed by atoms with Gasteiger partial charge in [-0.05, 0) is 47.2 Å². The van der Waals surface area contributed by atoms with Gasteiger partial charge in [0.15, 0.2) is 23.9 Å². The van der Waals surface area contributed by atoms with Crippen molar-refractivity contribution in [2.45, 2.75) is 43.2 Å². The van der Waals surface area contributed by atoms with Gasteiger partial charge in [0.05, 0.1) is 24.7 Å². The molecule has 3 aromatic rings. The van der Waals surface area contributed by atoms with E-state index in [1.807, 2.05) is 6.07 Å². The van der Waals surface area contributed by atoms with Crippen molar-refractivity contribution < 1.29 is 18.7 Å². The average Bonchev–Trinajstić information content (AvgIpc) is 3.41. The standard InChI is InChI=1S/C19H19BrFN7O3/c20-13-7-22-17(11-1-2-23-28(11)13)24-14-3-10(26-27-14)16-15(21)12(8-30-16)31-18(29)25-19-4-9(5-19)6-19/h1-3,7,9,12,15-16H,4-6,8H2,(H,25,29)(H2,22,24,26,27)/t9?,12-,15+,16-,19?/m1/s1. The fourth-order valence-corrected chi connectivity index (χ4v) is 4.99. The smallest absolute Gasteiger partial charge is 0.408 e. The van der Waals surface area contributed by atoms with E-state index in [4.69, 9.17) is 9.47 Å². The summed E-state index contributed by atoms with van der Waals surface area (Å²) in [6, 6.07) is 3.46. The summed E-state index contributed by atoms with van der Waals surface area (Å²) < 4.78 is 28.2. The molecule has 4 fully saturated rings. The van der Waals surface area contributed by atoms with Crippen molar-refractivity contribution in [1.82, 2.24) is 30.1 Å². The Balaban J connectivity index is 1.11. The second-order valence-corrected chi connectivity index (χ2v) is 9.23. The third-order valence-electron chi connectivity index (χ3n) is 6.29. The first-order chi connectivity index (χ1) is 15.0. The summed E-state index contributed by atoms with van der Waals surface area (Å²) >= 11 is 3.39. The van der Waals surface area contributed by atoms with Crippen LogP contribution in [0.4, 0.5) is 20.8 Å². The summed E-state index contributed by atoms with van der Waals surface area (Å²) in [4.78, 5) is 16.5. The number of H-pyrrole nitrogens is 1. The second kappa shape index (κ2) is 6.89. The molecule has 2 bridgehead atoms. The molecule has 7 rings (SSSR count). The van der Waals surface area contributed by atoms with Crippen LogP contribution in [0.2, 0.25) is 0 Å². The van der Waals surface area contributed by atoms with Crippen LogP contribution in [-0.2, 0) is 9.47 Å². The maximum absolute atomic E-state index is 15.0.